The number of carbonyl (C=O) groups excluding carboxylic acids is 1. The molecule has 0 atom stereocenters. The average molecular weight is 412 g/mol. The van der Waals surface area contributed by atoms with Crippen LogP contribution in [0.25, 0.3) is 21.8 Å². The van der Waals surface area contributed by atoms with E-state index in [1.807, 2.05) is 6.07 Å². The van der Waals surface area contributed by atoms with Gasteiger partial charge in [-0.3, -0.25) is 4.79 Å². The van der Waals surface area contributed by atoms with Crippen LogP contribution in [0.5, 0.6) is 0 Å². The van der Waals surface area contributed by atoms with E-state index in [2.05, 4.69) is 77.1 Å². The van der Waals surface area contributed by atoms with Crippen molar-refractivity contribution < 1.29 is 4.79 Å². The number of amides is 1. The first kappa shape index (κ1) is 20.9. The summed E-state index contributed by atoms with van der Waals surface area (Å²) in [5, 5.41) is 5.46. The number of fused-ring (bicyclic) bond motifs is 2. The molecule has 4 heteroatoms. The number of aromatic nitrogens is 2. The molecule has 0 aliphatic carbocycles. The second kappa shape index (κ2) is 9.61. The van der Waals surface area contributed by atoms with Gasteiger partial charge in [-0.05, 0) is 48.2 Å². The van der Waals surface area contributed by atoms with E-state index in [4.69, 9.17) is 4.98 Å². The number of hydrogen-bond donors (Lipinski definition) is 1. The van der Waals surface area contributed by atoms with Crippen molar-refractivity contribution in [2.24, 2.45) is 0 Å². The first-order chi connectivity index (χ1) is 15.1. The number of rotatable bonds is 9. The monoisotopic (exact) mass is 411 g/mol. The summed E-state index contributed by atoms with van der Waals surface area (Å²) in [6.07, 6.45) is 3.98. The van der Waals surface area contributed by atoms with Crippen LogP contribution in [0.15, 0.2) is 78.9 Å². The Bertz CT molecular complexity index is 1220. The van der Waals surface area contributed by atoms with E-state index in [0.29, 0.717) is 12.1 Å². The number of benzene rings is 3. The summed E-state index contributed by atoms with van der Waals surface area (Å²) < 4.78 is 2.36. The van der Waals surface area contributed by atoms with Gasteiger partial charge in [-0.1, -0.05) is 67.6 Å². The van der Waals surface area contributed by atoms with E-state index >= 15 is 0 Å². The quantitative estimate of drug-likeness (QED) is 0.286. The van der Waals surface area contributed by atoms with Gasteiger partial charge in [0, 0.05) is 25.1 Å². The van der Waals surface area contributed by atoms with Crippen molar-refractivity contribution in [2.75, 3.05) is 6.54 Å². The van der Waals surface area contributed by atoms with Crippen LogP contribution in [0.3, 0.4) is 0 Å². The normalized spacial score (nSPS) is 11.1. The van der Waals surface area contributed by atoms with Gasteiger partial charge in [0.25, 0.3) is 0 Å². The Hall–Kier alpha value is -3.40. The summed E-state index contributed by atoms with van der Waals surface area (Å²) in [6, 6.07) is 23.4. The van der Waals surface area contributed by atoms with Gasteiger partial charge in [0.1, 0.15) is 5.82 Å². The number of imidazole rings is 1. The van der Waals surface area contributed by atoms with Gasteiger partial charge >= 0.3 is 0 Å². The molecule has 158 valence electrons. The van der Waals surface area contributed by atoms with Crippen molar-refractivity contribution in [2.45, 2.75) is 39.2 Å². The number of carbonyl (C=O) groups is 1. The first-order valence-electron chi connectivity index (χ1n) is 11.0. The molecule has 4 rings (SSSR count). The lowest BCUT2D eigenvalue weighted by Gasteiger charge is -2.12. The fraction of sp³-hybridized carbons (Fsp3) is 0.259. The number of aryl methyl sites for hydroxylation is 1. The fourth-order valence-corrected chi connectivity index (χ4v) is 4.03. The molecule has 0 aliphatic heterocycles. The minimum atomic E-state index is -0.0584. The third-order valence-corrected chi connectivity index (χ3v) is 5.69. The van der Waals surface area contributed by atoms with Crippen molar-refractivity contribution in [3.8, 4) is 0 Å². The predicted molar refractivity (Wildman–Crippen MR) is 128 cm³/mol. The maximum atomic E-state index is 11.6. The third-order valence-electron chi connectivity index (χ3n) is 5.69. The van der Waals surface area contributed by atoms with E-state index in [1.165, 1.54) is 21.9 Å². The molecule has 0 spiro atoms. The smallest absolute Gasteiger partial charge is 0.246 e. The highest BCUT2D eigenvalue weighted by atomic mass is 16.1. The Labute approximate surface area is 183 Å². The van der Waals surface area contributed by atoms with Crippen molar-refractivity contribution in [1.29, 1.82) is 0 Å². The SMILES string of the molecule is C=C(C)C(=O)NCCCCCc1nc2ccccc2n1Cc1cccc2ccccc12. The van der Waals surface area contributed by atoms with Gasteiger partial charge in [0.15, 0.2) is 0 Å². The maximum Gasteiger partial charge on any atom is 0.246 e. The minimum absolute atomic E-state index is 0.0584. The summed E-state index contributed by atoms with van der Waals surface area (Å²) in [6.45, 7) is 6.91. The molecule has 0 fully saturated rings. The molecule has 0 aliphatic rings. The summed E-state index contributed by atoms with van der Waals surface area (Å²) in [5.74, 6) is 1.07. The lowest BCUT2D eigenvalue weighted by atomic mass is 10.0. The summed E-state index contributed by atoms with van der Waals surface area (Å²) in [5.41, 5.74) is 4.10. The lowest BCUT2D eigenvalue weighted by Crippen LogP contribution is -2.24. The molecule has 3 aromatic carbocycles. The highest BCUT2D eigenvalue weighted by Gasteiger charge is 2.12. The standard InChI is InChI=1S/C27H29N3O/c1-20(2)27(31)28-18-9-3-4-17-26-29-24-15-7-8-16-25(24)30(26)19-22-13-10-12-21-11-5-6-14-23(21)22/h5-8,10-16H,1,3-4,9,17-19H2,2H3,(H,28,31). The predicted octanol–water partition coefficient (Wildman–Crippen LogP) is 5.64. The largest absolute Gasteiger partial charge is 0.352 e. The Kier molecular flexibility index (Phi) is 6.46. The molecule has 31 heavy (non-hydrogen) atoms. The zero-order valence-corrected chi connectivity index (χ0v) is 18.1. The second-order valence-electron chi connectivity index (χ2n) is 8.09. The minimum Gasteiger partial charge on any atom is -0.352 e. The number of nitrogens with zero attached hydrogens (tertiary/aromatic N) is 2. The van der Waals surface area contributed by atoms with Crippen LogP contribution in [0.2, 0.25) is 0 Å². The molecule has 0 saturated heterocycles. The zero-order chi connectivity index (χ0) is 21.6. The molecule has 1 heterocycles. The van der Waals surface area contributed by atoms with Gasteiger partial charge in [0.05, 0.1) is 11.0 Å². The zero-order valence-electron chi connectivity index (χ0n) is 18.1. The number of nitrogens with one attached hydrogen (secondary N) is 1. The van der Waals surface area contributed by atoms with Crippen LogP contribution in [0, 0.1) is 0 Å². The molecule has 0 bridgehead atoms. The van der Waals surface area contributed by atoms with Gasteiger partial charge < -0.3 is 9.88 Å². The highest BCUT2D eigenvalue weighted by molar-refractivity contribution is 5.92. The molecule has 0 radical (unpaired) electrons. The summed E-state index contributed by atoms with van der Waals surface area (Å²) in [7, 11) is 0. The molecule has 1 amide bonds. The molecule has 0 saturated carbocycles. The summed E-state index contributed by atoms with van der Waals surface area (Å²) >= 11 is 0. The molecular weight excluding hydrogens is 382 g/mol. The molecule has 4 aromatic rings. The molecule has 0 unspecified atom stereocenters. The molecular formula is C27H29N3O. The van der Waals surface area contributed by atoms with Crippen LogP contribution in [-0.2, 0) is 17.8 Å². The Morgan fingerprint density at radius 1 is 0.968 bits per heavy atom. The molecule has 4 nitrogen and oxygen atoms in total. The number of hydrogen-bond acceptors (Lipinski definition) is 2. The molecule has 1 N–H and O–H groups in total. The van der Waals surface area contributed by atoms with E-state index in [0.717, 1.165) is 43.6 Å². The highest BCUT2D eigenvalue weighted by Crippen LogP contribution is 2.24. The van der Waals surface area contributed by atoms with Crippen molar-refractivity contribution in [3.05, 3.63) is 90.3 Å². The van der Waals surface area contributed by atoms with Crippen molar-refractivity contribution in [3.63, 3.8) is 0 Å². The third kappa shape index (κ3) is 4.85. The van der Waals surface area contributed by atoms with Crippen molar-refractivity contribution in [1.82, 2.24) is 14.9 Å². The van der Waals surface area contributed by atoms with E-state index in [-0.39, 0.29) is 5.91 Å². The van der Waals surface area contributed by atoms with E-state index in [9.17, 15) is 4.79 Å². The second-order valence-corrected chi connectivity index (χ2v) is 8.09. The number of unbranched alkanes of at least 4 members (excludes halogenated alkanes) is 2. The topological polar surface area (TPSA) is 46.9 Å². The van der Waals surface area contributed by atoms with Crippen LogP contribution in [-0.4, -0.2) is 22.0 Å². The fourth-order valence-electron chi connectivity index (χ4n) is 4.03. The first-order valence-corrected chi connectivity index (χ1v) is 11.0. The van der Waals surface area contributed by atoms with E-state index in [1.54, 1.807) is 6.92 Å². The van der Waals surface area contributed by atoms with Gasteiger partial charge in [-0.2, -0.15) is 0 Å². The van der Waals surface area contributed by atoms with Crippen LogP contribution in [0.1, 0.15) is 37.6 Å². The van der Waals surface area contributed by atoms with Crippen LogP contribution < -0.4 is 5.32 Å². The summed E-state index contributed by atoms with van der Waals surface area (Å²) in [4.78, 5) is 16.5. The van der Waals surface area contributed by atoms with Crippen molar-refractivity contribution >= 4 is 27.7 Å². The number of para-hydroxylation sites is 2. The van der Waals surface area contributed by atoms with Gasteiger partial charge in [-0.15, -0.1) is 0 Å². The van der Waals surface area contributed by atoms with Crippen LogP contribution >= 0.6 is 0 Å². The maximum absolute atomic E-state index is 11.6. The van der Waals surface area contributed by atoms with Crippen LogP contribution in [0.4, 0.5) is 0 Å². The lowest BCUT2D eigenvalue weighted by molar-refractivity contribution is -0.117. The van der Waals surface area contributed by atoms with Gasteiger partial charge in [0.2, 0.25) is 5.91 Å². The average Bonchev–Trinajstić information content (AvgIpc) is 3.13. The Morgan fingerprint density at radius 3 is 2.61 bits per heavy atom. The molecule has 1 aromatic heterocycles. The Balaban J connectivity index is 1.49. The van der Waals surface area contributed by atoms with Gasteiger partial charge in [-0.25, -0.2) is 4.98 Å². The van der Waals surface area contributed by atoms with E-state index < -0.39 is 0 Å². The Morgan fingerprint density at radius 2 is 1.74 bits per heavy atom.